The van der Waals surface area contributed by atoms with E-state index in [1.165, 1.54) is 12.8 Å². The van der Waals surface area contributed by atoms with Crippen molar-refractivity contribution in [2.24, 2.45) is 0 Å². The summed E-state index contributed by atoms with van der Waals surface area (Å²) in [4.78, 5) is 23.2. The zero-order chi connectivity index (χ0) is 18.4. The van der Waals surface area contributed by atoms with E-state index in [0.29, 0.717) is 19.0 Å². The summed E-state index contributed by atoms with van der Waals surface area (Å²) in [6.07, 6.45) is 2.43. The van der Waals surface area contributed by atoms with Crippen LogP contribution < -0.4 is 20.9 Å². The molecule has 7 nitrogen and oxygen atoms in total. The lowest BCUT2D eigenvalue weighted by atomic mass is 10.2. The molecule has 2 aromatic rings. The van der Waals surface area contributed by atoms with Gasteiger partial charge in [0.1, 0.15) is 5.82 Å². The lowest BCUT2D eigenvalue weighted by Crippen LogP contribution is -2.33. The summed E-state index contributed by atoms with van der Waals surface area (Å²) in [6.45, 7) is 7.11. The minimum Gasteiger partial charge on any atom is -0.356 e. The van der Waals surface area contributed by atoms with Gasteiger partial charge in [0.25, 0.3) is 0 Å². The first-order chi connectivity index (χ1) is 12.6. The molecule has 1 fully saturated rings. The number of urea groups is 1. The van der Waals surface area contributed by atoms with Crippen LogP contribution in [0.5, 0.6) is 0 Å². The van der Waals surface area contributed by atoms with Crippen LogP contribution in [0.25, 0.3) is 0 Å². The maximum Gasteiger partial charge on any atom is 0.319 e. The topological polar surface area (TPSA) is 82.2 Å². The van der Waals surface area contributed by atoms with Gasteiger partial charge in [0.15, 0.2) is 0 Å². The van der Waals surface area contributed by atoms with Crippen molar-refractivity contribution in [2.45, 2.75) is 26.7 Å². The molecule has 138 valence electrons. The van der Waals surface area contributed by atoms with Crippen molar-refractivity contribution in [1.82, 2.24) is 15.3 Å². The normalized spacial score (nSPS) is 13.5. The number of nitrogens with zero attached hydrogens (tertiary/aromatic N) is 3. The second-order valence-corrected chi connectivity index (χ2v) is 6.56. The van der Waals surface area contributed by atoms with Crippen molar-refractivity contribution < 1.29 is 4.79 Å². The van der Waals surface area contributed by atoms with E-state index < -0.39 is 0 Å². The van der Waals surface area contributed by atoms with E-state index >= 15 is 0 Å². The van der Waals surface area contributed by atoms with Crippen LogP contribution in [0.2, 0.25) is 0 Å². The van der Waals surface area contributed by atoms with Crippen molar-refractivity contribution >= 4 is 23.5 Å². The molecule has 3 N–H and O–H groups in total. The van der Waals surface area contributed by atoms with E-state index in [2.05, 4.69) is 30.8 Å². The molecule has 0 radical (unpaired) electrons. The van der Waals surface area contributed by atoms with E-state index in [9.17, 15) is 4.79 Å². The molecule has 1 aliphatic heterocycles. The summed E-state index contributed by atoms with van der Waals surface area (Å²) in [5, 5.41) is 8.83. The Hall–Kier alpha value is -2.83. The number of carbonyl (C=O) groups is 1. The maximum atomic E-state index is 11.9. The third kappa shape index (κ3) is 5.08. The van der Waals surface area contributed by atoms with E-state index in [1.807, 2.05) is 44.2 Å². The van der Waals surface area contributed by atoms with Gasteiger partial charge in [0.2, 0.25) is 5.95 Å². The SMILES string of the molecule is Cc1cccc(NC(=O)NCCNc2nc(C)cc(N3CCCC3)n2)c1. The van der Waals surface area contributed by atoms with Gasteiger partial charge in [0.05, 0.1) is 0 Å². The Kier molecular flexibility index (Phi) is 5.88. The second kappa shape index (κ2) is 8.51. The van der Waals surface area contributed by atoms with Crippen LogP contribution in [0.3, 0.4) is 0 Å². The average Bonchev–Trinajstić information content (AvgIpc) is 3.13. The molecule has 1 aliphatic rings. The van der Waals surface area contributed by atoms with Gasteiger partial charge >= 0.3 is 6.03 Å². The van der Waals surface area contributed by atoms with Crippen molar-refractivity contribution in [1.29, 1.82) is 0 Å². The first-order valence-corrected chi connectivity index (χ1v) is 9.06. The molecular formula is C19H26N6O. The Bertz CT molecular complexity index is 757. The maximum absolute atomic E-state index is 11.9. The van der Waals surface area contributed by atoms with Crippen molar-refractivity contribution in [3.63, 3.8) is 0 Å². The van der Waals surface area contributed by atoms with Gasteiger partial charge in [-0.3, -0.25) is 0 Å². The Balaban J connectivity index is 1.45. The van der Waals surface area contributed by atoms with Crippen molar-refractivity contribution in [3.05, 3.63) is 41.6 Å². The molecule has 0 aliphatic carbocycles. The van der Waals surface area contributed by atoms with Crippen LogP contribution in [-0.4, -0.2) is 42.2 Å². The van der Waals surface area contributed by atoms with Gasteiger partial charge in [-0.15, -0.1) is 0 Å². The molecular weight excluding hydrogens is 328 g/mol. The smallest absolute Gasteiger partial charge is 0.319 e. The van der Waals surface area contributed by atoms with Gasteiger partial charge in [-0.1, -0.05) is 12.1 Å². The molecule has 1 aromatic carbocycles. The average molecular weight is 354 g/mol. The molecule has 0 bridgehead atoms. The predicted octanol–water partition coefficient (Wildman–Crippen LogP) is 2.93. The van der Waals surface area contributed by atoms with Crippen LogP contribution in [-0.2, 0) is 0 Å². The number of hydrogen-bond donors (Lipinski definition) is 3. The number of rotatable bonds is 6. The standard InChI is InChI=1S/C19H26N6O/c1-14-6-5-7-16(12-14)23-19(26)21-9-8-20-18-22-15(2)13-17(24-18)25-10-3-4-11-25/h5-7,12-13H,3-4,8-11H2,1-2H3,(H,20,22,24)(H2,21,23,26). The minimum atomic E-state index is -0.222. The van der Waals surface area contributed by atoms with Gasteiger partial charge in [-0.05, 0) is 44.4 Å². The fourth-order valence-corrected chi connectivity index (χ4v) is 2.99. The highest BCUT2D eigenvalue weighted by molar-refractivity contribution is 5.89. The third-order valence-corrected chi connectivity index (χ3v) is 4.24. The van der Waals surface area contributed by atoms with E-state index in [0.717, 1.165) is 35.9 Å². The highest BCUT2D eigenvalue weighted by Gasteiger charge is 2.15. The fourth-order valence-electron chi connectivity index (χ4n) is 2.99. The number of nitrogens with one attached hydrogen (secondary N) is 3. The lowest BCUT2D eigenvalue weighted by Gasteiger charge is -2.17. The van der Waals surface area contributed by atoms with E-state index in [4.69, 9.17) is 0 Å². The summed E-state index contributed by atoms with van der Waals surface area (Å²) >= 11 is 0. The number of carbonyl (C=O) groups excluding carboxylic acids is 1. The highest BCUT2D eigenvalue weighted by atomic mass is 16.2. The molecule has 2 heterocycles. The number of amides is 2. The number of hydrogen-bond acceptors (Lipinski definition) is 5. The number of aryl methyl sites for hydroxylation is 2. The van der Waals surface area contributed by atoms with Crippen LogP contribution >= 0.6 is 0 Å². The zero-order valence-corrected chi connectivity index (χ0v) is 15.4. The minimum absolute atomic E-state index is 0.222. The van der Waals surface area contributed by atoms with Gasteiger partial charge in [-0.25, -0.2) is 9.78 Å². The summed E-state index contributed by atoms with van der Waals surface area (Å²) < 4.78 is 0. The van der Waals surface area contributed by atoms with Crippen LogP contribution in [0.4, 0.5) is 22.2 Å². The van der Waals surface area contributed by atoms with Gasteiger partial charge in [0, 0.05) is 43.6 Å². The Labute approximate surface area is 154 Å². The molecule has 0 unspecified atom stereocenters. The number of anilines is 3. The van der Waals surface area contributed by atoms with E-state index in [-0.39, 0.29) is 6.03 Å². The molecule has 7 heteroatoms. The zero-order valence-electron chi connectivity index (χ0n) is 15.4. The molecule has 2 amide bonds. The largest absolute Gasteiger partial charge is 0.356 e. The van der Waals surface area contributed by atoms with Crippen LogP contribution in [0.1, 0.15) is 24.1 Å². The Morgan fingerprint density at radius 3 is 2.69 bits per heavy atom. The molecule has 0 spiro atoms. The summed E-state index contributed by atoms with van der Waals surface area (Å²) in [5.74, 6) is 1.58. The molecule has 1 aromatic heterocycles. The second-order valence-electron chi connectivity index (χ2n) is 6.56. The van der Waals surface area contributed by atoms with Crippen molar-refractivity contribution in [2.75, 3.05) is 41.7 Å². The van der Waals surface area contributed by atoms with Gasteiger partial charge in [-0.2, -0.15) is 4.98 Å². The summed E-state index contributed by atoms with van der Waals surface area (Å²) in [6, 6.07) is 9.50. The summed E-state index contributed by atoms with van der Waals surface area (Å²) in [5.41, 5.74) is 2.83. The molecule has 26 heavy (non-hydrogen) atoms. The highest BCUT2D eigenvalue weighted by Crippen LogP contribution is 2.19. The quantitative estimate of drug-likeness (QED) is 0.695. The molecule has 0 atom stereocenters. The lowest BCUT2D eigenvalue weighted by molar-refractivity contribution is 0.252. The monoisotopic (exact) mass is 354 g/mol. The van der Waals surface area contributed by atoms with Crippen LogP contribution in [0.15, 0.2) is 30.3 Å². The van der Waals surface area contributed by atoms with Crippen LogP contribution in [0, 0.1) is 13.8 Å². The van der Waals surface area contributed by atoms with Gasteiger partial charge < -0.3 is 20.9 Å². The third-order valence-electron chi connectivity index (χ3n) is 4.24. The fraction of sp³-hybridized carbons (Fsp3) is 0.421. The predicted molar refractivity (Wildman–Crippen MR) is 105 cm³/mol. The Morgan fingerprint density at radius 1 is 1.12 bits per heavy atom. The van der Waals surface area contributed by atoms with E-state index in [1.54, 1.807) is 0 Å². The molecule has 1 saturated heterocycles. The first-order valence-electron chi connectivity index (χ1n) is 9.06. The number of aromatic nitrogens is 2. The molecule has 0 saturated carbocycles. The molecule has 3 rings (SSSR count). The van der Waals surface area contributed by atoms with Crippen molar-refractivity contribution in [3.8, 4) is 0 Å². The first kappa shape index (κ1) is 18.0. The summed E-state index contributed by atoms with van der Waals surface area (Å²) in [7, 11) is 0. The Morgan fingerprint density at radius 2 is 1.92 bits per heavy atom. The number of benzene rings is 1.